The second-order valence-electron chi connectivity index (χ2n) is 5.80. The van der Waals surface area contributed by atoms with E-state index in [0.29, 0.717) is 18.3 Å². The first kappa shape index (κ1) is 15.6. The van der Waals surface area contributed by atoms with Gasteiger partial charge in [0.2, 0.25) is 0 Å². The molecule has 0 aliphatic rings. The van der Waals surface area contributed by atoms with E-state index in [2.05, 4.69) is 52.8 Å². The Balaban J connectivity index is 3.02. The number of rotatable bonds is 6. The number of aryl methyl sites for hydroxylation is 2. The maximum atomic E-state index is 8.74. The summed E-state index contributed by atoms with van der Waals surface area (Å²) in [6.45, 7) is 11.4. The van der Waals surface area contributed by atoms with Gasteiger partial charge in [0.25, 0.3) is 0 Å². The number of hydrogen-bond acceptors (Lipinski definition) is 2. The van der Waals surface area contributed by atoms with Crippen molar-refractivity contribution in [1.29, 1.82) is 5.26 Å². The van der Waals surface area contributed by atoms with Gasteiger partial charge in [-0.15, -0.1) is 0 Å². The average Bonchev–Trinajstić information content (AvgIpc) is 2.33. The number of nitrogens with zero attached hydrogens (tertiary/aromatic N) is 1. The molecule has 0 fully saturated rings. The minimum atomic E-state index is 0.361. The lowest BCUT2D eigenvalue weighted by atomic mass is 9.92. The van der Waals surface area contributed by atoms with E-state index < -0.39 is 0 Å². The fourth-order valence-electron chi connectivity index (χ4n) is 2.24. The van der Waals surface area contributed by atoms with Crippen LogP contribution in [0.2, 0.25) is 0 Å². The van der Waals surface area contributed by atoms with Crippen molar-refractivity contribution in [3.8, 4) is 11.8 Å². The van der Waals surface area contributed by atoms with E-state index in [1.807, 2.05) is 0 Å². The van der Waals surface area contributed by atoms with Gasteiger partial charge >= 0.3 is 0 Å². The highest BCUT2D eigenvalue weighted by molar-refractivity contribution is 5.45. The molecule has 1 aromatic carbocycles. The summed E-state index contributed by atoms with van der Waals surface area (Å²) >= 11 is 0. The molecular formula is C17H25NO. The molecule has 1 atom stereocenters. The van der Waals surface area contributed by atoms with Crippen LogP contribution in [0.25, 0.3) is 0 Å². The quantitative estimate of drug-likeness (QED) is 0.739. The molecule has 2 heteroatoms. The number of hydrogen-bond donors (Lipinski definition) is 0. The molecule has 104 valence electrons. The van der Waals surface area contributed by atoms with Crippen LogP contribution < -0.4 is 4.74 Å². The van der Waals surface area contributed by atoms with E-state index in [-0.39, 0.29) is 0 Å². The molecule has 0 N–H and O–H groups in total. The van der Waals surface area contributed by atoms with Crippen LogP contribution in [0.1, 0.15) is 56.2 Å². The molecule has 19 heavy (non-hydrogen) atoms. The van der Waals surface area contributed by atoms with Gasteiger partial charge in [0.15, 0.2) is 0 Å². The summed E-state index contributed by atoms with van der Waals surface area (Å²) in [6, 6.07) is 6.59. The topological polar surface area (TPSA) is 33.0 Å². The van der Waals surface area contributed by atoms with E-state index in [1.54, 1.807) is 0 Å². The molecule has 1 rings (SSSR count). The fourth-order valence-corrected chi connectivity index (χ4v) is 2.24. The fraction of sp³-hybridized carbons (Fsp3) is 0.588. The van der Waals surface area contributed by atoms with Crippen molar-refractivity contribution in [3.05, 3.63) is 28.8 Å². The van der Waals surface area contributed by atoms with Crippen molar-refractivity contribution >= 4 is 0 Å². The Hall–Kier alpha value is -1.49. The van der Waals surface area contributed by atoms with Crippen LogP contribution in [-0.2, 0) is 0 Å². The molecule has 0 amide bonds. The van der Waals surface area contributed by atoms with Crippen molar-refractivity contribution in [1.82, 2.24) is 0 Å². The Morgan fingerprint density at radius 3 is 2.47 bits per heavy atom. The molecule has 0 heterocycles. The standard InChI is InChI=1S/C17H25NO/c1-12(2)11-19-17-15(5)9-13(3)10-16(17)14(4)7-6-8-18/h9-10,12,14H,6-7,11H2,1-5H3. The van der Waals surface area contributed by atoms with E-state index in [0.717, 1.165) is 18.8 Å². The van der Waals surface area contributed by atoms with E-state index in [4.69, 9.17) is 10.00 Å². The lowest BCUT2D eigenvalue weighted by molar-refractivity contribution is 0.265. The van der Waals surface area contributed by atoms with Crippen LogP contribution in [0.15, 0.2) is 12.1 Å². The third-order valence-electron chi connectivity index (χ3n) is 3.23. The third-order valence-corrected chi connectivity index (χ3v) is 3.23. The first-order valence-electron chi connectivity index (χ1n) is 7.06. The minimum absolute atomic E-state index is 0.361. The summed E-state index contributed by atoms with van der Waals surface area (Å²) in [4.78, 5) is 0. The highest BCUT2D eigenvalue weighted by atomic mass is 16.5. The molecule has 0 saturated heterocycles. The smallest absolute Gasteiger partial charge is 0.125 e. The second kappa shape index (κ2) is 7.19. The summed E-state index contributed by atoms with van der Waals surface area (Å²) in [7, 11) is 0. The van der Waals surface area contributed by atoms with Gasteiger partial charge in [-0.1, -0.05) is 38.5 Å². The molecule has 0 saturated carbocycles. The molecule has 0 aromatic heterocycles. The van der Waals surface area contributed by atoms with Gasteiger partial charge in [-0.25, -0.2) is 0 Å². The lowest BCUT2D eigenvalue weighted by Gasteiger charge is -2.20. The van der Waals surface area contributed by atoms with E-state index in [9.17, 15) is 0 Å². The Labute approximate surface area is 117 Å². The molecule has 0 radical (unpaired) electrons. The molecule has 0 bridgehead atoms. The van der Waals surface area contributed by atoms with Crippen LogP contribution in [0.4, 0.5) is 0 Å². The lowest BCUT2D eigenvalue weighted by Crippen LogP contribution is -2.09. The first-order valence-corrected chi connectivity index (χ1v) is 7.06. The molecule has 0 aliphatic heterocycles. The normalized spacial score (nSPS) is 12.3. The minimum Gasteiger partial charge on any atom is -0.493 e. The van der Waals surface area contributed by atoms with E-state index >= 15 is 0 Å². The van der Waals surface area contributed by atoms with Crippen LogP contribution >= 0.6 is 0 Å². The van der Waals surface area contributed by atoms with Crippen LogP contribution in [0, 0.1) is 31.1 Å². The summed E-state index contributed by atoms with van der Waals surface area (Å²) < 4.78 is 6.00. The van der Waals surface area contributed by atoms with Gasteiger partial charge in [0.1, 0.15) is 5.75 Å². The molecule has 1 aromatic rings. The predicted molar refractivity (Wildman–Crippen MR) is 79.5 cm³/mol. The molecule has 2 nitrogen and oxygen atoms in total. The van der Waals surface area contributed by atoms with Crippen LogP contribution in [0.5, 0.6) is 5.75 Å². The number of ether oxygens (including phenoxy) is 1. The Kier molecular flexibility index (Phi) is 5.89. The summed E-state index contributed by atoms with van der Waals surface area (Å²) in [5.74, 6) is 1.90. The maximum Gasteiger partial charge on any atom is 0.125 e. The van der Waals surface area contributed by atoms with Gasteiger partial charge in [0.05, 0.1) is 12.7 Å². The van der Waals surface area contributed by atoms with Gasteiger partial charge in [-0.05, 0) is 43.2 Å². The maximum absolute atomic E-state index is 8.74. The van der Waals surface area contributed by atoms with E-state index in [1.165, 1.54) is 16.7 Å². The SMILES string of the molecule is Cc1cc(C)c(OCC(C)C)c(C(C)CCC#N)c1. The first-order chi connectivity index (χ1) is 8.95. The molecular weight excluding hydrogens is 234 g/mol. The number of benzene rings is 1. The zero-order valence-electron chi connectivity index (χ0n) is 12.8. The highest BCUT2D eigenvalue weighted by Gasteiger charge is 2.15. The van der Waals surface area contributed by atoms with Gasteiger partial charge in [-0.3, -0.25) is 0 Å². The summed E-state index contributed by atoms with van der Waals surface area (Å²) in [6.07, 6.45) is 1.48. The van der Waals surface area contributed by atoms with Crippen LogP contribution in [-0.4, -0.2) is 6.61 Å². The zero-order valence-corrected chi connectivity index (χ0v) is 12.8. The largest absolute Gasteiger partial charge is 0.493 e. The van der Waals surface area contributed by atoms with Gasteiger partial charge in [0, 0.05) is 6.42 Å². The Bertz CT molecular complexity index is 457. The molecule has 0 spiro atoms. The van der Waals surface area contributed by atoms with Crippen LogP contribution in [0.3, 0.4) is 0 Å². The third kappa shape index (κ3) is 4.59. The van der Waals surface area contributed by atoms with Crippen molar-refractivity contribution in [3.63, 3.8) is 0 Å². The van der Waals surface area contributed by atoms with Crippen molar-refractivity contribution in [2.75, 3.05) is 6.61 Å². The summed E-state index contributed by atoms with van der Waals surface area (Å²) in [5.41, 5.74) is 3.70. The van der Waals surface area contributed by atoms with Crippen molar-refractivity contribution in [2.24, 2.45) is 5.92 Å². The second-order valence-corrected chi connectivity index (χ2v) is 5.80. The van der Waals surface area contributed by atoms with Gasteiger partial charge < -0.3 is 4.74 Å². The monoisotopic (exact) mass is 259 g/mol. The van der Waals surface area contributed by atoms with Crippen molar-refractivity contribution in [2.45, 2.75) is 53.4 Å². The highest BCUT2D eigenvalue weighted by Crippen LogP contribution is 2.34. The average molecular weight is 259 g/mol. The van der Waals surface area contributed by atoms with Gasteiger partial charge in [-0.2, -0.15) is 5.26 Å². The summed E-state index contributed by atoms with van der Waals surface area (Å²) in [5, 5.41) is 8.74. The zero-order chi connectivity index (χ0) is 14.4. The Morgan fingerprint density at radius 2 is 1.89 bits per heavy atom. The molecule has 0 aliphatic carbocycles. The Morgan fingerprint density at radius 1 is 1.21 bits per heavy atom. The van der Waals surface area contributed by atoms with Crippen molar-refractivity contribution < 1.29 is 4.74 Å². The number of nitriles is 1. The molecule has 1 unspecified atom stereocenters. The predicted octanol–water partition coefficient (Wildman–Crippen LogP) is 4.75.